The number of guanidine groups is 1. The Labute approximate surface area is 145 Å². The zero-order valence-corrected chi connectivity index (χ0v) is 16.3. The third kappa shape index (κ3) is 4.70. The Morgan fingerprint density at radius 1 is 1.29 bits per heavy atom. The summed E-state index contributed by atoms with van der Waals surface area (Å²) in [5, 5.41) is 5.89. The number of nitrogens with one attached hydrogen (secondary N) is 2. The summed E-state index contributed by atoms with van der Waals surface area (Å²) in [6.07, 6.45) is 0. The Morgan fingerprint density at radius 2 is 1.90 bits per heavy atom. The standard InChI is InChI=1S/C14H28N4O2.HI/c1-13(2)10-18(14(13,3)4)12(15-5)17-9-11(19)16-7-8-20-6;/h7-10H2,1-6H3,(H,15,17)(H,16,19);1H. The summed E-state index contributed by atoms with van der Waals surface area (Å²) in [7, 11) is 3.35. The maximum Gasteiger partial charge on any atom is 0.239 e. The fourth-order valence-electron chi connectivity index (χ4n) is 2.21. The lowest BCUT2D eigenvalue weighted by Gasteiger charge is -2.62. The van der Waals surface area contributed by atoms with Gasteiger partial charge in [-0.25, -0.2) is 0 Å². The summed E-state index contributed by atoms with van der Waals surface area (Å²) < 4.78 is 4.89. The fourth-order valence-corrected chi connectivity index (χ4v) is 2.21. The summed E-state index contributed by atoms with van der Waals surface area (Å²) in [6.45, 7) is 11.1. The topological polar surface area (TPSA) is 66.0 Å². The predicted molar refractivity (Wildman–Crippen MR) is 96.2 cm³/mol. The fraction of sp³-hybridized carbons (Fsp3) is 0.857. The van der Waals surface area contributed by atoms with Crippen LogP contribution in [0.1, 0.15) is 27.7 Å². The number of carbonyl (C=O) groups is 1. The van der Waals surface area contributed by atoms with Crippen LogP contribution < -0.4 is 10.6 Å². The number of ether oxygens (including phenoxy) is 1. The summed E-state index contributed by atoms with van der Waals surface area (Å²) in [4.78, 5) is 18.1. The van der Waals surface area contributed by atoms with Crippen molar-refractivity contribution in [2.45, 2.75) is 33.2 Å². The van der Waals surface area contributed by atoms with Gasteiger partial charge in [0.15, 0.2) is 5.96 Å². The molecule has 1 aliphatic heterocycles. The molecule has 1 aliphatic rings. The molecule has 0 radical (unpaired) electrons. The van der Waals surface area contributed by atoms with Crippen molar-refractivity contribution in [2.75, 3.05) is 40.4 Å². The Balaban J connectivity index is 0.00000400. The number of rotatable bonds is 5. The highest BCUT2D eigenvalue weighted by Gasteiger charge is 2.53. The smallest absolute Gasteiger partial charge is 0.239 e. The number of carbonyl (C=O) groups excluding carboxylic acids is 1. The average Bonchev–Trinajstić information content (AvgIpc) is 2.38. The molecular weight excluding hydrogens is 383 g/mol. The van der Waals surface area contributed by atoms with E-state index >= 15 is 0 Å². The van der Waals surface area contributed by atoms with Crippen molar-refractivity contribution in [3.63, 3.8) is 0 Å². The normalized spacial score (nSPS) is 19.3. The van der Waals surface area contributed by atoms with E-state index in [2.05, 4.69) is 48.2 Å². The van der Waals surface area contributed by atoms with Crippen LogP contribution in [0.25, 0.3) is 0 Å². The summed E-state index contributed by atoms with van der Waals surface area (Å²) >= 11 is 0. The van der Waals surface area contributed by atoms with E-state index in [9.17, 15) is 4.79 Å². The lowest BCUT2D eigenvalue weighted by Crippen LogP contribution is -2.72. The van der Waals surface area contributed by atoms with E-state index in [1.54, 1.807) is 14.2 Å². The SMILES string of the molecule is CN=C(NCC(=O)NCCOC)N1CC(C)(C)C1(C)C.I. The lowest BCUT2D eigenvalue weighted by atomic mass is 9.65. The van der Waals surface area contributed by atoms with Crippen LogP contribution in [-0.2, 0) is 9.53 Å². The molecule has 21 heavy (non-hydrogen) atoms. The average molecular weight is 412 g/mol. The van der Waals surface area contributed by atoms with Gasteiger partial charge >= 0.3 is 0 Å². The number of nitrogens with zero attached hydrogens (tertiary/aromatic N) is 2. The Morgan fingerprint density at radius 3 is 2.33 bits per heavy atom. The van der Waals surface area contributed by atoms with Crippen molar-refractivity contribution in [3.05, 3.63) is 0 Å². The van der Waals surface area contributed by atoms with E-state index in [0.29, 0.717) is 13.2 Å². The first-order valence-electron chi connectivity index (χ1n) is 7.00. The summed E-state index contributed by atoms with van der Waals surface area (Å²) in [5.41, 5.74) is 0.271. The second-order valence-electron chi connectivity index (χ2n) is 6.27. The lowest BCUT2D eigenvalue weighted by molar-refractivity contribution is -0.120. The summed E-state index contributed by atoms with van der Waals surface area (Å²) in [6, 6.07) is 0. The van der Waals surface area contributed by atoms with Crippen LogP contribution in [0.5, 0.6) is 0 Å². The Bertz CT molecular complexity index is 383. The van der Waals surface area contributed by atoms with Gasteiger partial charge in [0.2, 0.25) is 5.91 Å². The van der Waals surface area contributed by atoms with E-state index in [0.717, 1.165) is 12.5 Å². The van der Waals surface area contributed by atoms with Gasteiger partial charge in [-0.3, -0.25) is 9.79 Å². The maximum absolute atomic E-state index is 11.7. The van der Waals surface area contributed by atoms with Gasteiger partial charge < -0.3 is 20.3 Å². The van der Waals surface area contributed by atoms with Crippen LogP contribution in [0.2, 0.25) is 0 Å². The number of methoxy groups -OCH3 is 1. The van der Waals surface area contributed by atoms with Gasteiger partial charge in [-0.05, 0) is 13.8 Å². The molecule has 124 valence electrons. The monoisotopic (exact) mass is 412 g/mol. The van der Waals surface area contributed by atoms with Crippen molar-refractivity contribution in [3.8, 4) is 0 Å². The molecule has 7 heteroatoms. The van der Waals surface area contributed by atoms with Crippen molar-refractivity contribution < 1.29 is 9.53 Å². The second kappa shape index (κ2) is 8.17. The maximum atomic E-state index is 11.7. The number of hydrogen-bond acceptors (Lipinski definition) is 3. The number of aliphatic imine (C=N–C) groups is 1. The van der Waals surface area contributed by atoms with Crippen LogP contribution in [0.3, 0.4) is 0 Å². The minimum absolute atomic E-state index is 0. The highest BCUT2D eigenvalue weighted by molar-refractivity contribution is 14.0. The highest BCUT2D eigenvalue weighted by Crippen LogP contribution is 2.46. The molecule has 2 N–H and O–H groups in total. The number of halogens is 1. The molecule has 6 nitrogen and oxygen atoms in total. The number of amides is 1. The van der Waals surface area contributed by atoms with E-state index in [4.69, 9.17) is 4.74 Å². The van der Waals surface area contributed by atoms with Gasteiger partial charge in [0.25, 0.3) is 0 Å². The second-order valence-corrected chi connectivity index (χ2v) is 6.27. The third-order valence-electron chi connectivity index (χ3n) is 4.39. The molecule has 1 saturated heterocycles. The molecule has 0 spiro atoms. The van der Waals surface area contributed by atoms with E-state index in [1.807, 2.05) is 0 Å². The van der Waals surface area contributed by atoms with Crippen molar-refractivity contribution in [1.82, 2.24) is 15.5 Å². The van der Waals surface area contributed by atoms with Crippen LogP contribution in [0.15, 0.2) is 4.99 Å². The largest absolute Gasteiger partial charge is 0.383 e. The first-order chi connectivity index (χ1) is 9.26. The third-order valence-corrected chi connectivity index (χ3v) is 4.39. The molecule has 1 fully saturated rings. The molecule has 0 saturated carbocycles. The molecule has 0 aliphatic carbocycles. The molecule has 0 bridgehead atoms. The predicted octanol–water partition coefficient (Wildman–Crippen LogP) is 1.06. The first-order valence-corrected chi connectivity index (χ1v) is 7.00. The van der Waals surface area contributed by atoms with Gasteiger partial charge in [-0.1, -0.05) is 13.8 Å². The molecule has 0 aromatic rings. The molecule has 0 aromatic carbocycles. The van der Waals surface area contributed by atoms with Crippen molar-refractivity contribution in [2.24, 2.45) is 10.4 Å². The van der Waals surface area contributed by atoms with E-state index in [-0.39, 0.29) is 47.4 Å². The minimum Gasteiger partial charge on any atom is -0.383 e. The molecular formula is C14H29IN4O2. The zero-order valence-electron chi connectivity index (χ0n) is 13.9. The molecule has 0 aromatic heterocycles. The van der Waals surface area contributed by atoms with Gasteiger partial charge in [0.1, 0.15) is 0 Å². The van der Waals surface area contributed by atoms with Crippen LogP contribution in [-0.4, -0.2) is 62.7 Å². The highest BCUT2D eigenvalue weighted by atomic mass is 127. The van der Waals surface area contributed by atoms with Gasteiger partial charge in [0.05, 0.1) is 13.2 Å². The van der Waals surface area contributed by atoms with Gasteiger partial charge in [-0.2, -0.15) is 0 Å². The van der Waals surface area contributed by atoms with Crippen molar-refractivity contribution >= 4 is 35.8 Å². The first kappa shape index (κ1) is 20.4. The van der Waals surface area contributed by atoms with Gasteiger partial charge in [-0.15, -0.1) is 24.0 Å². The van der Waals surface area contributed by atoms with Crippen LogP contribution >= 0.6 is 24.0 Å². The minimum atomic E-state index is -0.0548. The number of hydrogen-bond donors (Lipinski definition) is 2. The quantitative estimate of drug-likeness (QED) is 0.307. The van der Waals surface area contributed by atoms with E-state index in [1.165, 1.54) is 0 Å². The Hall–Kier alpha value is -0.570. The molecule has 1 heterocycles. The zero-order chi connectivity index (χ0) is 15.4. The Kier molecular flexibility index (Phi) is 7.94. The van der Waals surface area contributed by atoms with Crippen LogP contribution in [0.4, 0.5) is 0 Å². The van der Waals surface area contributed by atoms with Crippen LogP contribution in [0, 0.1) is 5.41 Å². The molecule has 1 rings (SSSR count). The number of likely N-dealkylation sites (tertiary alicyclic amines) is 1. The molecule has 1 amide bonds. The van der Waals surface area contributed by atoms with E-state index < -0.39 is 0 Å². The molecule has 0 atom stereocenters. The molecule has 0 unspecified atom stereocenters. The van der Waals surface area contributed by atoms with Crippen molar-refractivity contribution in [1.29, 1.82) is 0 Å². The summed E-state index contributed by atoms with van der Waals surface area (Å²) in [5.74, 6) is 0.719. The van der Waals surface area contributed by atoms with Gasteiger partial charge in [0, 0.05) is 38.2 Å².